The summed E-state index contributed by atoms with van der Waals surface area (Å²) < 4.78 is 27.7. The Morgan fingerprint density at radius 3 is 2.31 bits per heavy atom. The van der Waals surface area contributed by atoms with Crippen LogP contribution in [0.15, 0.2) is 65.1 Å². The molecule has 0 saturated carbocycles. The summed E-state index contributed by atoms with van der Waals surface area (Å²) in [6.07, 6.45) is -5.87. The minimum atomic E-state index is -1.83. The van der Waals surface area contributed by atoms with E-state index in [1.165, 1.54) is 43.5 Å². The summed E-state index contributed by atoms with van der Waals surface area (Å²) in [6.45, 7) is -0.554. The highest BCUT2D eigenvalue weighted by Crippen LogP contribution is 2.45. The molecule has 4 aromatic rings. The number of ether oxygens (including phenoxy) is 4. The zero-order valence-corrected chi connectivity index (χ0v) is 23.5. The SMILES string of the molecule is COc1cc(-c2[o+]c3cc(O)cc(O)c3cc2OC2O[C@H](COC(=O)/C=C/c3ccc(O)cc3)[C@@H](O)[C@H](O)[C@H]2O)cc(O)c1O. The van der Waals surface area contributed by atoms with E-state index in [4.69, 9.17) is 23.4 Å². The Kier molecular flexibility index (Phi) is 8.83. The summed E-state index contributed by atoms with van der Waals surface area (Å²) in [7, 11) is 1.25. The van der Waals surface area contributed by atoms with Gasteiger partial charge in [0.2, 0.25) is 17.8 Å². The number of rotatable bonds is 8. The number of carbonyl (C=O) groups is 1. The van der Waals surface area contributed by atoms with Gasteiger partial charge in [-0.15, -0.1) is 0 Å². The van der Waals surface area contributed by atoms with Crippen molar-refractivity contribution in [1.82, 2.24) is 0 Å². The fourth-order valence-corrected chi connectivity index (χ4v) is 4.59. The van der Waals surface area contributed by atoms with Gasteiger partial charge in [0, 0.05) is 30.3 Å². The molecule has 3 aromatic carbocycles. The highest BCUT2D eigenvalue weighted by Gasteiger charge is 2.46. The van der Waals surface area contributed by atoms with Crippen molar-refractivity contribution in [1.29, 1.82) is 0 Å². The van der Waals surface area contributed by atoms with Crippen LogP contribution >= 0.6 is 0 Å². The molecule has 8 N–H and O–H groups in total. The smallest absolute Gasteiger partial charge is 0.402 e. The number of phenolic OH excluding ortho intramolecular Hbond substituents is 5. The Morgan fingerprint density at radius 1 is 0.867 bits per heavy atom. The lowest BCUT2D eigenvalue weighted by Crippen LogP contribution is -2.60. The van der Waals surface area contributed by atoms with Crippen LogP contribution in [0.1, 0.15) is 5.56 Å². The van der Waals surface area contributed by atoms with Crippen LogP contribution < -0.4 is 9.47 Å². The maximum atomic E-state index is 12.3. The van der Waals surface area contributed by atoms with Gasteiger partial charge in [-0.05, 0) is 23.8 Å². The van der Waals surface area contributed by atoms with E-state index in [0.717, 1.165) is 18.2 Å². The lowest BCUT2D eigenvalue weighted by atomic mass is 9.99. The second-order valence-electron chi connectivity index (χ2n) is 10.1. The molecule has 14 heteroatoms. The predicted molar refractivity (Wildman–Crippen MR) is 155 cm³/mol. The van der Waals surface area contributed by atoms with Gasteiger partial charge in [0.25, 0.3) is 0 Å². The Hall–Kier alpha value is -5.28. The van der Waals surface area contributed by atoms with Gasteiger partial charge in [-0.25, -0.2) is 9.21 Å². The number of carbonyl (C=O) groups excluding carboxylic acids is 1. The molecular weight excluding hydrogens is 596 g/mol. The molecule has 45 heavy (non-hydrogen) atoms. The summed E-state index contributed by atoms with van der Waals surface area (Å²) in [6, 6.07) is 11.9. The molecule has 236 valence electrons. The Labute approximate surface area is 254 Å². The maximum Gasteiger partial charge on any atom is 0.402 e. The van der Waals surface area contributed by atoms with E-state index in [0.29, 0.717) is 5.56 Å². The van der Waals surface area contributed by atoms with E-state index < -0.39 is 60.5 Å². The fourth-order valence-electron chi connectivity index (χ4n) is 4.59. The van der Waals surface area contributed by atoms with Gasteiger partial charge in [-0.2, -0.15) is 0 Å². The minimum absolute atomic E-state index is 0.0212. The Morgan fingerprint density at radius 2 is 1.60 bits per heavy atom. The number of aliphatic hydroxyl groups excluding tert-OH is 3. The lowest BCUT2D eigenvalue weighted by molar-refractivity contribution is -0.278. The number of aromatic hydroxyl groups is 5. The third kappa shape index (κ3) is 6.63. The average molecular weight is 626 g/mol. The molecule has 1 fully saturated rings. The van der Waals surface area contributed by atoms with Gasteiger partial charge in [0.15, 0.2) is 11.5 Å². The number of benzene rings is 3. The van der Waals surface area contributed by atoms with E-state index >= 15 is 0 Å². The van der Waals surface area contributed by atoms with Gasteiger partial charge in [0.1, 0.15) is 53.7 Å². The monoisotopic (exact) mass is 625 g/mol. The second-order valence-corrected chi connectivity index (χ2v) is 10.1. The van der Waals surface area contributed by atoms with Crippen LogP contribution in [0, 0.1) is 0 Å². The molecular formula is C31H29O14+. The molecule has 0 spiro atoms. The molecule has 0 radical (unpaired) electrons. The first-order valence-electron chi connectivity index (χ1n) is 13.4. The van der Waals surface area contributed by atoms with Crippen molar-refractivity contribution >= 4 is 23.0 Å². The van der Waals surface area contributed by atoms with Crippen molar-refractivity contribution in [2.75, 3.05) is 13.7 Å². The second kappa shape index (κ2) is 12.8. The van der Waals surface area contributed by atoms with Crippen LogP contribution in [0.3, 0.4) is 0 Å². The molecule has 5 rings (SSSR count). The summed E-state index contributed by atoms with van der Waals surface area (Å²) >= 11 is 0. The summed E-state index contributed by atoms with van der Waals surface area (Å²) in [4.78, 5) is 12.3. The van der Waals surface area contributed by atoms with E-state index in [2.05, 4.69) is 0 Å². The first-order valence-corrected chi connectivity index (χ1v) is 13.4. The summed E-state index contributed by atoms with van der Waals surface area (Å²) in [5.41, 5.74) is 0.661. The number of methoxy groups -OCH3 is 1. The topological polar surface area (TPSA) is 227 Å². The predicted octanol–water partition coefficient (Wildman–Crippen LogP) is 2.36. The van der Waals surface area contributed by atoms with Crippen molar-refractivity contribution in [3.05, 3.63) is 66.2 Å². The lowest BCUT2D eigenvalue weighted by Gasteiger charge is -2.39. The van der Waals surface area contributed by atoms with Crippen LogP contribution in [0.2, 0.25) is 0 Å². The standard InChI is InChI=1S/C31H28O14/c1-41-22-9-15(8-20(35)26(22)37)30-23(12-18-19(34)10-17(33)11-21(18)43-30)44-31-29(40)28(39)27(38)24(45-31)13-42-25(36)7-4-14-2-5-16(32)6-3-14/h2-12,24,27-29,31,38-40H,13H2,1H3,(H4-,32,33,34,35,36,37)/p+1/t24-,27-,28+,29-,31?/m1/s1. The van der Waals surface area contributed by atoms with Crippen LogP contribution in [-0.4, -0.2) is 91.2 Å². The zero-order chi connectivity index (χ0) is 32.4. The van der Waals surface area contributed by atoms with Gasteiger partial charge in [-0.1, -0.05) is 12.1 Å². The molecule has 1 aliphatic heterocycles. The summed E-state index contributed by atoms with van der Waals surface area (Å²) in [5, 5.41) is 82.0. The summed E-state index contributed by atoms with van der Waals surface area (Å²) in [5.74, 6) is -3.13. The molecule has 0 bridgehead atoms. The number of fused-ring (bicyclic) bond motifs is 1. The van der Waals surface area contributed by atoms with Crippen molar-refractivity contribution in [2.45, 2.75) is 30.7 Å². The average Bonchev–Trinajstić information content (AvgIpc) is 3.01. The maximum absolute atomic E-state index is 12.3. The molecule has 1 saturated heterocycles. The van der Waals surface area contributed by atoms with Crippen molar-refractivity contribution < 1.29 is 69.0 Å². The fraction of sp³-hybridized carbons (Fsp3) is 0.226. The first kappa shape index (κ1) is 31.2. The Balaban J connectivity index is 1.43. The van der Waals surface area contributed by atoms with Gasteiger partial charge in [-0.3, -0.25) is 0 Å². The van der Waals surface area contributed by atoms with Gasteiger partial charge in [0.05, 0.1) is 18.7 Å². The van der Waals surface area contributed by atoms with Gasteiger partial charge >= 0.3 is 17.3 Å². The van der Waals surface area contributed by atoms with Crippen LogP contribution in [0.25, 0.3) is 28.4 Å². The minimum Gasteiger partial charge on any atom is -0.508 e. The number of hydrogen-bond acceptors (Lipinski definition) is 13. The molecule has 0 aliphatic carbocycles. The third-order valence-electron chi connectivity index (χ3n) is 6.96. The third-order valence-corrected chi connectivity index (χ3v) is 6.96. The first-order chi connectivity index (χ1) is 21.4. The molecule has 1 aliphatic rings. The normalized spacial score (nSPS) is 21.6. The Bertz CT molecular complexity index is 1740. The van der Waals surface area contributed by atoms with Crippen molar-refractivity contribution in [2.24, 2.45) is 0 Å². The molecule has 1 aromatic heterocycles. The van der Waals surface area contributed by atoms with E-state index in [-0.39, 0.29) is 45.3 Å². The van der Waals surface area contributed by atoms with E-state index in [9.17, 15) is 45.6 Å². The highest BCUT2D eigenvalue weighted by atomic mass is 16.7. The largest absolute Gasteiger partial charge is 0.508 e. The highest BCUT2D eigenvalue weighted by molar-refractivity contribution is 5.89. The number of phenols is 5. The molecule has 5 atom stereocenters. The van der Waals surface area contributed by atoms with Crippen LogP contribution in [-0.2, 0) is 14.3 Å². The van der Waals surface area contributed by atoms with Gasteiger partial charge < -0.3 is 59.8 Å². The van der Waals surface area contributed by atoms with Crippen molar-refractivity contribution in [3.63, 3.8) is 0 Å². The van der Waals surface area contributed by atoms with Crippen LogP contribution in [0.5, 0.6) is 40.2 Å². The number of hydrogen-bond donors (Lipinski definition) is 8. The molecule has 2 heterocycles. The number of esters is 1. The van der Waals surface area contributed by atoms with E-state index in [1.807, 2.05) is 0 Å². The van der Waals surface area contributed by atoms with Crippen molar-refractivity contribution in [3.8, 4) is 51.6 Å². The number of aliphatic hydroxyl groups is 3. The molecule has 0 amide bonds. The quantitative estimate of drug-likeness (QED) is 0.0609. The molecule has 1 unspecified atom stereocenters. The van der Waals surface area contributed by atoms with E-state index in [1.54, 1.807) is 12.1 Å². The molecule has 14 nitrogen and oxygen atoms in total. The van der Waals surface area contributed by atoms with Crippen LogP contribution in [0.4, 0.5) is 0 Å². The zero-order valence-electron chi connectivity index (χ0n) is 23.5.